The third kappa shape index (κ3) is 3.15. The Balaban J connectivity index is 3.58. The molecule has 0 saturated heterocycles. The summed E-state index contributed by atoms with van der Waals surface area (Å²) in [6.07, 6.45) is -0.438. The lowest BCUT2D eigenvalue weighted by Crippen LogP contribution is -2.37. The highest BCUT2D eigenvalue weighted by molar-refractivity contribution is 4.59. The Morgan fingerprint density at radius 1 is 1.40 bits per heavy atom. The largest absolute Gasteiger partial charge is 0.395 e. The van der Waals surface area contributed by atoms with E-state index in [9.17, 15) is 5.11 Å². The molecule has 3 heteroatoms. The van der Waals surface area contributed by atoms with E-state index in [0.29, 0.717) is 6.54 Å². The fourth-order valence-electron chi connectivity index (χ4n) is 0.799. The summed E-state index contributed by atoms with van der Waals surface area (Å²) in [6, 6.07) is 0. The Morgan fingerprint density at radius 2 is 1.90 bits per heavy atom. The molecule has 0 fully saturated rings. The van der Waals surface area contributed by atoms with Gasteiger partial charge in [0.2, 0.25) is 0 Å². The number of nitrogens with zero attached hydrogens (tertiary/aromatic N) is 1. The molecule has 2 N–H and O–H groups in total. The van der Waals surface area contributed by atoms with Crippen LogP contribution < -0.4 is 0 Å². The molecule has 0 aromatic carbocycles. The van der Waals surface area contributed by atoms with Crippen LogP contribution in [0.3, 0.4) is 0 Å². The van der Waals surface area contributed by atoms with Gasteiger partial charge in [0.1, 0.15) is 6.23 Å². The van der Waals surface area contributed by atoms with Crippen molar-refractivity contribution in [3.63, 3.8) is 0 Å². The van der Waals surface area contributed by atoms with E-state index in [1.165, 1.54) is 0 Å². The van der Waals surface area contributed by atoms with E-state index in [-0.39, 0.29) is 12.5 Å². The Labute approximate surface area is 62.3 Å². The number of aliphatic hydroxyl groups excluding tert-OH is 2. The molecular weight excluding hydrogens is 130 g/mol. The zero-order chi connectivity index (χ0) is 8.15. The van der Waals surface area contributed by atoms with Gasteiger partial charge in [0.05, 0.1) is 6.61 Å². The van der Waals surface area contributed by atoms with Gasteiger partial charge in [-0.2, -0.15) is 0 Å². The van der Waals surface area contributed by atoms with Gasteiger partial charge in [0, 0.05) is 6.54 Å². The summed E-state index contributed by atoms with van der Waals surface area (Å²) >= 11 is 0. The lowest BCUT2D eigenvalue weighted by Gasteiger charge is -2.25. The van der Waals surface area contributed by atoms with Crippen LogP contribution in [0.4, 0.5) is 0 Å². The molecule has 0 aliphatic rings. The Morgan fingerprint density at radius 3 is 2.20 bits per heavy atom. The van der Waals surface area contributed by atoms with Crippen LogP contribution >= 0.6 is 0 Å². The van der Waals surface area contributed by atoms with Crippen molar-refractivity contribution >= 4 is 0 Å². The first-order valence-electron chi connectivity index (χ1n) is 3.58. The highest BCUT2D eigenvalue weighted by atomic mass is 16.3. The lowest BCUT2D eigenvalue weighted by atomic mass is 10.2. The quantitative estimate of drug-likeness (QED) is 0.545. The maximum atomic E-state index is 9.34. The van der Waals surface area contributed by atoms with Crippen molar-refractivity contribution in [2.45, 2.75) is 20.1 Å². The van der Waals surface area contributed by atoms with Gasteiger partial charge in [-0.1, -0.05) is 13.8 Å². The molecule has 0 aliphatic carbocycles. The summed E-state index contributed by atoms with van der Waals surface area (Å²) in [5.41, 5.74) is 0. The minimum absolute atomic E-state index is 0.0975. The lowest BCUT2D eigenvalue weighted by molar-refractivity contribution is -0.0204. The molecule has 0 radical (unpaired) electrons. The van der Waals surface area contributed by atoms with Crippen LogP contribution in [0.15, 0.2) is 0 Å². The normalized spacial score (nSPS) is 14.7. The first-order chi connectivity index (χ1) is 4.59. The minimum Gasteiger partial charge on any atom is -0.395 e. The predicted molar refractivity (Wildman–Crippen MR) is 40.6 cm³/mol. The number of likely N-dealkylation sites (N-methyl/N-ethyl adjacent to an activating group) is 1. The first kappa shape index (κ1) is 9.88. The van der Waals surface area contributed by atoms with E-state index in [0.717, 1.165) is 0 Å². The van der Waals surface area contributed by atoms with Crippen molar-refractivity contribution in [1.82, 2.24) is 4.90 Å². The average molecular weight is 147 g/mol. The number of aliphatic hydroxyl groups is 2. The van der Waals surface area contributed by atoms with E-state index in [1.807, 2.05) is 13.8 Å². The maximum Gasteiger partial charge on any atom is 0.109 e. The van der Waals surface area contributed by atoms with Gasteiger partial charge in [0.25, 0.3) is 0 Å². The van der Waals surface area contributed by atoms with E-state index in [1.54, 1.807) is 11.9 Å². The second-order valence-corrected chi connectivity index (χ2v) is 2.86. The summed E-state index contributed by atoms with van der Waals surface area (Å²) < 4.78 is 0. The fraction of sp³-hybridized carbons (Fsp3) is 1.00. The van der Waals surface area contributed by atoms with Gasteiger partial charge in [-0.25, -0.2) is 0 Å². The Hall–Kier alpha value is -0.120. The molecule has 0 saturated carbocycles. The number of hydrogen-bond acceptors (Lipinski definition) is 3. The Bertz CT molecular complexity index is 85.7. The van der Waals surface area contributed by atoms with Crippen molar-refractivity contribution in [3.05, 3.63) is 0 Å². The molecule has 0 aliphatic heterocycles. The van der Waals surface area contributed by atoms with Gasteiger partial charge in [-0.15, -0.1) is 0 Å². The highest BCUT2D eigenvalue weighted by Crippen LogP contribution is 2.03. The van der Waals surface area contributed by atoms with Crippen LogP contribution in [0.25, 0.3) is 0 Å². The summed E-state index contributed by atoms with van der Waals surface area (Å²) in [5.74, 6) is 0.219. The van der Waals surface area contributed by atoms with Crippen molar-refractivity contribution in [1.29, 1.82) is 0 Å². The molecule has 0 aromatic rings. The zero-order valence-corrected chi connectivity index (χ0v) is 6.91. The monoisotopic (exact) mass is 147 g/mol. The fourth-order valence-corrected chi connectivity index (χ4v) is 0.799. The van der Waals surface area contributed by atoms with Crippen LogP contribution in [0.1, 0.15) is 13.8 Å². The summed E-state index contributed by atoms with van der Waals surface area (Å²) in [4.78, 5) is 1.73. The second-order valence-electron chi connectivity index (χ2n) is 2.86. The van der Waals surface area contributed by atoms with Crippen LogP contribution in [0.2, 0.25) is 0 Å². The van der Waals surface area contributed by atoms with E-state index >= 15 is 0 Å². The van der Waals surface area contributed by atoms with Gasteiger partial charge in [0.15, 0.2) is 0 Å². The molecule has 1 unspecified atom stereocenters. The van der Waals surface area contributed by atoms with Crippen molar-refractivity contribution < 1.29 is 10.2 Å². The topological polar surface area (TPSA) is 43.7 Å². The van der Waals surface area contributed by atoms with Crippen LogP contribution in [0, 0.1) is 5.92 Å². The molecule has 0 bridgehead atoms. The minimum atomic E-state index is -0.438. The smallest absolute Gasteiger partial charge is 0.109 e. The van der Waals surface area contributed by atoms with Crippen molar-refractivity contribution in [2.75, 3.05) is 20.2 Å². The van der Waals surface area contributed by atoms with E-state index < -0.39 is 6.23 Å². The third-order valence-corrected chi connectivity index (χ3v) is 1.50. The summed E-state index contributed by atoms with van der Waals surface area (Å²) in [7, 11) is 1.79. The molecule has 3 nitrogen and oxygen atoms in total. The van der Waals surface area contributed by atoms with Crippen molar-refractivity contribution in [2.24, 2.45) is 5.92 Å². The third-order valence-electron chi connectivity index (χ3n) is 1.50. The van der Waals surface area contributed by atoms with E-state index in [2.05, 4.69) is 0 Å². The van der Waals surface area contributed by atoms with Gasteiger partial charge in [-0.05, 0) is 13.0 Å². The second kappa shape index (κ2) is 4.66. The molecule has 0 amide bonds. The summed E-state index contributed by atoms with van der Waals surface area (Å²) in [5, 5.41) is 17.9. The zero-order valence-electron chi connectivity index (χ0n) is 6.91. The van der Waals surface area contributed by atoms with Gasteiger partial charge in [-0.3, -0.25) is 4.90 Å². The standard InChI is InChI=1S/C7H17NO2/c1-6(2)7(10)8(3)4-5-9/h6-7,9-10H,4-5H2,1-3H3. The molecular formula is C7H17NO2. The summed E-state index contributed by atoms with van der Waals surface area (Å²) in [6.45, 7) is 4.51. The van der Waals surface area contributed by atoms with E-state index in [4.69, 9.17) is 5.11 Å². The van der Waals surface area contributed by atoms with Gasteiger partial charge >= 0.3 is 0 Å². The number of hydrogen-bond donors (Lipinski definition) is 2. The maximum absolute atomic E-state index is 9.34. The molecule has 0 rings (SSSR count). The van der Waals surface area contributed by atoms with Crippen molar-refractivity contribution in [3.8, 4) is 0 Å². The molecule has 62 valence electrons. The molecule has 0 aromatic heterocycles. The predicted octanol–water partition coefficient (Wildman–Crippen LogP) is -0.115. The van der Waals surface area contributed by atoms with Crippen LogP contribution in [-0.2, 0) is 0 Å². The molecule has 0 spiro atoms. The average Bonchev–Trinajstić information content (AvgIpc) is 1.87. The first-order valence-corrected chi connectivity index (χ1v) is 3.58. The molecule has 1 atom stereocenters. The van der Waals surface area contributed by atoms with Crippen LogP contribution in [0.5, 0.6) is 0 Å². The molecule has 0 heterocycles. The van der Waals surface area contributed by atoms with Crippen LogP contribution in [-0.4, -0.2) is 41.5 Å². The highest BCUT2D eigenvalue weighted by Gasteiger charge is 2.13. The SMILES string of the molecule is CC(C)C(O)N(C)CCO. The number of rotatable bonds is 4. The Kier molecular flexibility index (Phi) is 4.60. The van der Waals surface area contributed by atoms with Gasteiger partial charge < -0.3 is 10.2 Å². The molecule has 10 heavy (non-hydrogen) atoms.